The minimum atomic E-state index is -4.43. The highest BCUT2D eigenvalue weighted by atomic mass is 31.2. The molecule has 1 atom stereocenters. The van der Waals surface area contributed by atoms with Crippen LogP contribution in [0.5, 0.6) is 0 Å². The number of para-hydroxylation sites is 1. The van der Waals surface area contributed by atoms with Crippen LogP contribution < -0.4 is 5.73 Å². The summed E-state index contributed by atoms with van der Waals surface area (Å²) in [5.41, 5.74) is 8.24. The summed E-state index contributed by atoms with van der Waals surface area (Å²) in [6.45, 7) is 0.607. The Kier molecular flexibility index (Phi) is 17.7. The van der Waals surface area contributed by atoms with E-state index in [0.29, 0.717) is 17.4 Å². The summed E-state index contributed by atoms with van der Waals surface area (Å²) in [6, 6.07) is 8.23. The highest BCUT2D eigenvalue weighted by molar-refractivity contribution is 7.46. The number of hydrogen-bond donors (Lipinski definition) is 3. The van der Waals surface area contributed by atoms with Gasteiger partial charge in [0.15, 0.2) is 0 Å². The highest BCUT2D eigenvalue weighted by Gasteiger charge is 2.26. The van der Waals surface area contributed by atoms with Crippen molar-refractivity contribution in [1.82, 2.24) is 0 Å². The molecule has 1 rings (SSSR count). The van der Waals surface area contributed by atoms with Gasteiger partial charge in [0.2, 0.25) is 0 Å². The molecule has 1 aromatic rings. The van der Waals surface area contributed by atoms with E-state index in [0.717, 1.165) is 24.9 Å². The molecular weight excluding hydrogens is 471 g/mol. The van der Waals surface area contributed by atoms with E-state index in [-0.39, 0.29) is 6.10 Å². The molecule has 0 aliphatic heterocycles. The maximum Gasteiger partial charge on any atom is 0.470 e. The van der Waals surface area contributed by atoms with Crippen LogP contribution in [-0.2, 0) is 15.5 Å². The third kappa shape index (κ3) is 20.2. The summed E-state index contributed by atoms with van der Waals surface area (Å²) in [7, 11) is 1.62. The molecule has 0 saturated heterocycles. The van der Waals surface area contributed by atoms with Crippen molar-refractivity contribution in [3.63, 3.8) is 0 Å². The van der Waals surface area contributed by atoms with Gasteiger partial charge in [-0.2, -0.15) is 0 Å². The zero-order valence-corrected chi connectivity index (χ0v) is 24.4. The van der Waals surface area contributed by atoms with E-state index in [1.807, 2.05) is 33.3 Å². The monoisotopic (exact) mass is 527 g/mol. The number of rotatable bonds is 23. The lowest BCUT2D eigenvalue weighted by atomic mass is 10.0. The number of phosphoric ester groups is 1. The summed E-state index contributed by atoms with van der Waals surface area (Å²) in [6.07, 6.45) is 22.1. The first-order valence-electron chi connectivity index (χ1n) is 14.4. The van der Waals surface area contributed by atoms with E-state index in [1.54, 1.807) is 0 Å². The number of benzene rings is 1. The standard InChI is InChI=1S/C29H55N2O4P/c1-31(2,3)26-28(35-36(32,33)34)24-19-17-15-13-11-9-7-5-4-6-8-10-12-14-16-18-22-27-23-20-21-25-29(27)30/h20-21,23,25,28H,4-19,22,24,26,30H2,1-3H3,(H-,32,33,34)/p+1. The van der Waals surface area contributed by atoms with Gasteiger partial charge in [0.05, 0.1) is 21.1 Å². The van der Waals surface area contributed by atoms with Crippen molar-refractivity contribution in [3.8, 4) is 0 Å². The van der Waals surface area contributed by atoms with Crippen LogP contribution in [0.15, 0.2) is 24.3 Å². The fourth-order valence-electron chi connectivity index (χ4n) is 4.91. The summed E-state index contributed by atoms with van der Waals surface area (Å²) < 4.78 is 16.9. The fourth-order valence-corrected chi connectivity index (χ4v) is 5.47. The normalized spacial score (nSPS) is 13.2. The largest absolute Gasteiger partial charge is 0.470 e. The molecule has 6 nitrogen and oxygen atoms in total. The quantitative estimate of drug-likeness (QED) is 0.0589. The fraction of sp³-hybridized carbons (Fsp3) is 0.793. The molecule has 0 heterocycles. The van der Waals surface area contributed by atoms with Crippen molar-refractivity contribution >= 4 is 13.5 Å². The van der Waals surface area contributed by atoms with Crippen molar-refractivity contribution in [1.29, 1.82) is 0 Å². The first kappa shape index (κ1) is 33.1. The molecular formula is C29H56N2O4P+. The van der Waals surface area contributed by atoms with Gasteiger partial charge in [-0.05, 0) is 30.9 Å². The van der Waals surface area contributed by atoms with E-state index >= 15 is 0 Å². The first-order chi connectivity index (χ1) is 17.1. The number of quaternary nitrogens is 1. The van der Waals surface area contributed by atoms with Gasteiger partial charge >= 0.3 is 7.82 Å². The van der Waals surface area contributed by atoms with Gasteiger partial charge in [0.25, 0.3) is 0 Å². The van der Waals surface area contributed by atoms with Crippen LogP contribution >= 0.6 is 7.82 Å². The van der Waals surface area contributed by atoms with Gasteiger partial charge < -0.3 is 20.0 Å². The van der Waals surface area contributed by atoms with Crippen LogP contribution in [0.2, 0.25) is 0 Å². The van der Waals surface area contributed by atoms with E-state index in [4.69, 9.17) is 20.0 Å². The van der Waals surface area contributed by atoms with Crippen molar-refractivity contribution in [2.24, 2.45) is 0 Å². The second-order valence-electron chi connectivity index (χ2n) is 11.6. The average molecular weight is 528 g/mol. The third-order valence-electron chi connectivity index (χ3n) is 6.82. The molecule has 0 aliphatic carbocycles. The van der Waals surface area contributed by atoms with Gasteiger partial charge in [-0.3, -0.25) is 4.52 Å². The number of hydrogen-bond acceptors (Lipinski definition) is 3. The summed E-state index contributed by atoms with van der Waals surface area (Å²) in [5.74, 6) is 0. The van der Waals surface area contributed by atoms with Crippen LogP contribution in [-0.4, -0.2) is 48.1 Å². The van der Waals surface area contributed by atoms with E-state index < -0.39 is 7.82 Å². The van der Waals surface area contributed by atoms with Crippen molar-refractivity contribution < 1.29 is 23.4 Å². The summed E-state index contributed by atoms with van der Waals surface area (Å²) in [5, 5.41) is 0. The third-order valence-corrected chi connectivity index (χ3v) is 7.39. The molecule has 1 unspecified atom stereocenters. The molecule has 0 aliphatic rings. The number of nitrogens with two attached hydrogens (primary N) is 1. The molecule has 4 N–H and O–H groups in total. The Morgan fingerprint density at radius 2 is 1.17 bits per heavy atom. The van der Waals surface area contributed by atoms with E-state index in [9.17, 15) is 4.57 Å². The van der Waals surface area contributed by atoms with Gasteiger partial charge in [-0.25, -0.2) is 4.57 Å². The molecule has 0 amide bonds. The van der Waals surface area contributed by atoms with Crippen LogP contribution in [0.3, 0.4) is 0 Å². The van der Waals surface area contributed by atoms with Crippen molar-refractivity contribution in [2.75, 3.05) is 33.4 Å². The molecule has 0 spiro atoms. The summed E-state index contributed by atoms with van der Waals surface area (Å²) >= 11 is 0. The van der Waals surface area contributed by atoms with Gasteiger partial charge in [0, 0.05) is 5.69 Å². The molecule has 210 valence electrons. The number of nitrogens with zero attached hydrogens (tertiary/aromatic N) is 1. The SMILES string of the molecule is C[N+](C)(C)CC(CCCCCCCCCCCCCCCCCCc1ccccc1N)OP(=O)(O)O. The van der Waals surface area contributed by atoms with Gasteiger partial charge in [0.1, 0.15) is 12.6 Å². The Bertz CT molecular complexity index is 717. The zero-order chi connectivity index (χ0) is 26.7. The minimum Gasteiger partial charge on any atom is -0.399 e. The van der Waals surface area contributed by atoms with Crippen LogP contribution in [0.25, 0.3) is 0 Å². The number of unbranched alkanes of at least 4 members (excludes halogenated alkanes) is 15. The molecule has 0 bridgehead atoms. The Balaban J connectivity index is 1.86. The van der Waals surface area contributed by atoms with E-state index in [2.05, 4.69) is 12.1 Å². The molecule has 0 radical (unpaired) electrons. The lowest BCUT2D eigenvalue weighted by Crippen LogP contribution is -2.42. The Morgan fingerprint density at radius 3 is 1.58 bits per heavy atom. The maximum absolute atomic E-state index is 11.2. The average Bonchev–Trinajstić information content (AvgIpc) is 2.77. The number of phosphoric acid groups is 1. The Morgan fingerprint density at radius 1 is 0.750 bits per heavy atom. The number of anilines is 1. The second kappa shape index (κ2) is 19.2. The van der Waals surface area contributed by atoms with Crippen LogP contribution in [0.4, 0.5) is 5.69 Å². The molecule has 0 saturated carbocycles. The topological polar surface area (TPSA) is 92.8 Å². The first-order valence-corrected chi connectivity index (χ1v) is 16.0. The predicted octanol–water partition coefficient (Wildman–Crippen LogP) is 7.63. The number of nitrogen functional groups attached to an aromatic ring is 1. The smallest absolute Gasteiger partial charge is 0.399 e. The molecule has 0 aromatic heterocycles. The van der Waals surface area contributed by atoms with Gasteiger partial charge in [-0.1, -0.05) is 115 Å². The molecule has 7 heteroatoms. The molecule has 36 heavy (non-hydrogen) atoms. The second-order valence-corrected chi connectivity index (χ2v) is 12.8. The number of likely N-dealkylation sites (N-methyl/N-ethyl adjacent to an activating group) is 1. The summed E-state index contributed by atoms with van der Waals surface area (Å²) in [4.78, 5) is 18.3. The molecule has 1 aromatic carbocycles. The Labute approximate surface area is 221 Å². The van der Waals surface area contributed by atoms with Gasteiger partial charge in [-0.15, -0.1) is 0 Å². The zero-order valence-electron chi connectivity index (χ0n) is 23.5. The van der Waals surface area contributed by atoms with Crippen molar-refractivity contribution in [3.05, 3.63) is 29.8 Å². The molecule has 0 fully saturated rings. The predicted molar refractivity (Wildman–Crippen MR) is 153 cm³/mol. The van der Waals surface area contributed by atoms with E-state index in [1.165, 1.54) is 95.5 Å². The lowest BCUT2D eigenvalue weighted by Gasteiger charge is -2.29. The van der Waals surface area contributed by atoms with Crippen LogP contribution in [0.1, 0.15) is 115 Å². The lowest BCUT2D eigenvalue weighted by molar-refractivity contribution is -0.873. The number of aryl methyl sites for hydroxylation is 1. The van der Waals surface area contributed by atoms with Crippen LogP contribution in [0, 0.1) is 0 Å². The van der Waals surface area contributed by atoms with Crippen molar-refractivity contribution in [2.45, 2.75) is 122 Å². The Hall–Kier alpha value is -0.910. The maximum atomic E-state index is 11.2. The minimum absolute atomic E-state index is 0.384. The highest BCUT2D eigenvalue weighted by Crippen LogP contribution is 2.39.